The van der Waals surface area contributed by atoms with Crippen molar-refractivity contribution in [1.82, 2.24) is 20.3 Å². The molecule has 1 aliphatic heterocycles. The Bertz CT molecular complexity index is 674. The minimum absolute atomic E-state index is 0.0111. The van der Waals surface area contributed by atoms with Gasteiger partial charge in [-0.05, 0) is 77.1 Å². The van der Waals surface area contributed by atoms with Crippen molar-refractivity contribution in [3.8, 4) is 0 Å². The number of amides is 1. The predicted molar refractivity (Wildman–Crippen MR) is 121 cm³/mol. The number of carbonyl (C=O) groups excluding carboxylic acids is 2. The molecule has 0 radical (unpaired) electrons. The Balaban J connectivity index is 2.50. The van der Waals surface area contributed by atoms with Crippen LogP contribution in [0.25, 0.3) is 0 Å². The second kappa shape index (κ2) is 11.5. The molecule has 2 heterocycles. The summed E-state index contributed by atoms with van der Waals surface area (Å²) in [7, 11) is 0. The average molecular weight is 438 g/mol. The van der Waals surface area contributed by atoms with E-state index in [1.807, 2.05) is 34.0 Å². The molecule has 0 unspecified atom stereocenters. The largest absolute Gasteiger partial charge is 0.442 e. The van der Waals surface area contributed by atoms with Crippen molar-refractivity contribution in [3.05, 3.63) is 18.0 Å². The first-order valence-electron chi connectivity index (χ1n) is 10.6. The summed E-state index contributed by atoms with van der Waals surface area (Å²) in [5.41, 5.74) is 0.330. The molecule has 1 N–H and O–H groups in total. The number of nitrogens with zero attached hydrogens (tertiary/aromatic N) is 4. The van der Waals surface area contributed by atoms with E-state index in [4.69, 9.17) is 4.74 Å². The fraction of sp³-hybridized carbons (Fsp3) is 0.714. The summed E-state index contributed by atoms with van der Waals surface area (Å²) in [6.07, 6.45) is 8.79. The maximum atomic E-state index is 13.3. The van der Waals surface area contributed by atoms with Gasteiger partial charge in [0.2, 0.25) is 5.95 Å². The van der Waals surface area contributed by atoms with Crippen LogP contribution < -0.4 is 10.3 Å². The van der Waals surface area contributed by atoms with Crippen LogP contribution in [0.1, 0.15) is 52.5 Å². The van der Waals surface area contributed by atoms with Crippen LogP contribution in [0.15, 0.2) is 12.4 Å². The Kier molecular flexibility index (Phi) is 9.36. The van der Waals surface area contributed by atoms with E-state index in [2.05, 4.69) is 15.3 Å². The molecule has 1 atom stereocenters. The number of hydrazine groups is 1. The standard InChI is InChI=1S/C21H35N5O3S/c1-6-16-13-23-19(24-14-16)25(17-7-10-22-11-8-17)26(18(15-27)9-12-30-5)20(28)29-21(2,3)4/h13-15,17-18,22H,6-12H2,1-5H3/t18-/m0/s1. The number of rotatable bonds is 9. The molecule has 1 aromatic heterocycles. The molecule has 8 nitrogen and oxygen atoms in total. The molecule has 0 aliphatic carbocycles. The number of aldehydes is 1. The van der Waals surface area contributed by atoms with Crippen molar-refractivity contribution in [1.29, 1.82) is 0 Å². The zero-order valence-electron chi connectivity index (χ0n) is 18.8. The molecule has 0 bridgehead atoms. The van der Waals surface area contributed by atoms with Crippen molar-refractivity contribution in [2.45, 2.75) is 71.1 Å². The predicted octanol–water partition coefficient (Wildman–Crippen LogP) is 3.07. The van der Waals surface area contributed by atoms with Crippen LogP contribution in [0, 0.1) is 0 Å². The Morgan fingerprint density at radius 1 is 1.33 bits per heavy atom. The second-order valence-corrected chi connectivity index (χ2v) is 9.37. The van der Waals surface area contributed by atoms with Crippen LogP contribution >= 0.6 is 11.8 Å². The normalized spacial score (nSPS) is 16.0. The van der Waals surface area contributed by atoms with E-state index in [9.17, 15) is 9.59 Å². The molecule has 0 aromatic carbocycles. The lowest BCUT2D eigenvalue weighted by Crippen LogP contribution is -2.60. The third kappa shape index (κ3) is 6.84. The van der Waals surface area contributed by atoms with Gasteiger partial charge in [-0.2, -0.15) is 11.8 Å². The quantitative estimate of drug-likeness (QED) is 0.466. The third-order valence-electron chi connectivity index (χ3n) is 4.86. The smallest absolute Gasteiger partial charge is 0.430 e. The molecular formula is C21H35N5O3S. The molecule has 1 amide bonds. The van der Waals surface area contributed by atoms with Gasteiger partial charge in [0.1, 0.15) is 17.9 Å². The van der Waals surface area contributed by atoms with Gasteiger partial charge in [0, 0.05) is 12.4 Å². The summed E-state index contributed by atoms with van der Waals surface area (Å²) in [4.78, 5) is 34.5. The van der Waals surface area contributed by atoms with Gasteiger partial charge >= 0.3 is 6.09 Å². The number of thioether (sulfide) groups is 1. The SMILES string of the molecule is CCc1cnc(N(C2CCNCC2)N(C(=O)OC(C)(C)C)[C@H](C=O)CCSC)nc1. The van der Waals surface area contributed by atoms with E-state index in [1.54, 1.807) is 29.2 Å². The highest BCUT2D eigenvalue weighted by Crippen LogP contribution is 2.25. The maximum Gasteiger partial charge on any atom is 0.430 e. The lowest BCUT2D eigenvalue weighted by molar-refractivity contribution is -0.113. The summed E-state index contributed by atoms with van der Waals surface area (Å²) in [5.74, 6) is 1.17. The Morgan fingerprint density at radius 3 is 2.47 bits per heavy atom. The first kappa shape index (κ1) is 24.4. The molecule has 1 saturated heterocycles. The minimum Gasteiger partial charge on any atom is -0.442 e. The van der Waals surface area contributed by atoms with Gasteiger partial charge in [-0.25, -0.2) is 24.8 Å². The fourth-order valence-electron chi connectivity index (χ4n) is 3.31. The highest BCUT2D eigenvalue weighted by molar-refractivity contribution is 7.98. The topological polar surface area (TPSA) is 87.7 Å². The Labute approximate surface area is 184 Å². The van der Waals surface area contributed by atoms with Crippen molar-refractivity contribution >= 4 is 30.1 Å². The zero-order chi connectivity index (χ0) is 22.1. The van der Waals surface area contributed by atoms with Crippen LogP contribution in [0.2, 0.25) is 0 Å². The fourth-order valence-corrected chi connectivity index (χ4v) is 3.79. The third-order valence-corrected chi connectivity index (χ3v) is 5.51. The number of piperidine rings is 1. The van der Waals surface area contributed by atoms with Crippen LogP contribution in [0.5, 0.6) is 0 Å². The Hall–Kier alpha value is -1.87. The maximum absolute atomic E-state index is 13.3. The van der Waals surface area contributed by atoms with Crippen molar-refractivity contribution < 1.29 is 14.3 Å². The van der Waals surface area contributed by atoms with Crippen molar-refractivity contribution in [2.24, 2.45) is 0 Å². The molecule has 1 fully saturated rings. The van der Waals surface area contributed by atoms with Crippen LogP contribution in [-0.4, -0.2) is 70.1 Å². The Morgan fingerprint density at radius 2 is 1.97 bits per heavy atom. The molecule has 0 saturated carbocycles. The average Bonchev–Trinajstić information content (AvgIpc) is 2.73. The summed E-state index contributed by atoms with van der Waals surface area (Å²) in [5, 5.41) is 6.60. The van der Waals surface area contributed by atoms with Gasteiger partial charge in [0.05, 0.1) is 6.04 Å². The van der Waals surface area contributed by atoms with E-state index in [0.717, 1.165) is 50.0 Å². The molecule has 1 aromatic rings. The summed E-state index contributed by atoms with van der Waals surface area (Å²) >= 11 is 1.64. The summed E-state index contributed by atoms with van der Waals surface area (Å²) in [6, 6.07) is -0.667. The number of carbonyl (C=O) groups is 2. The molecule has 0 spiro atoms. The monoisotopic (exact) mass is 437 g/mol. The number of anilines is 1. The van der Waals surface area contributed by atoms with Gasteiger partial charge < -0.3 is 14.8 Å². The van der Waals surface area contributed by atoms with Crippen molar-refractivity contribution in [3.63, 3.8) is 0 Å². The molecule has 30 heavy (non-hydrogen) atoms. The number of hydrogen-bond acceptors (Lipinski definition) is 8. The highest BCUT2D eigenvalue weighted by atomic mass is 32.2. The van der Waals surface area contributed by atoms with E-state index >= 15 is 0 Å². The number of aromatic nitrogens is 2. The van der Waals surface area contributed by atoms with Crippen LogP contribution in [0.4, 0.5) is 10.7 Å². The summed E-state index contributed by atoms with van der Waals surface area (Å²) in [6.45, 7) is 9.16. The minimum atomic E-state index is -0.686. The molecule has 9 heteroatoms. The molecule has 168 valence electrons. The second-order valence-electron chi connectivity index (χ2n) is 8.38. The summed E-state index contributed by atoms with van der Waals surface area (Å²) < 4.78 is 5.71. The van der Waals surface area contributed by atoms with E-state index in [1.165, 1.54) is 5.01 Å². The van der Waals surface area contributed by atoms with Gasteiger partial charge in [-0.1, -0.05) is 6.92 Å². The van der Waals surface area contributed by atoms with Gasteiger partial charge in [0.25, 0.3) is 0 Å². The van der Waals surface area contributed by atoms with E-state index in [0.29, 0.717) is 12.4 Å². The highest BCUT2D eigenvalue weighted by Gasteiger charge is 2.38. The molecule has 1 aliphatic rings. The van der Waals surface area contributed by atoms with E-state index < -0.39 is 17.7 Å². The van der Waals surface area contributed by atoms with E-state index in [-0.39, 0.29) is 6.04 Å². The number of ether oxygens (including phenoxy) is 1. The number of nitrogens with one attached hydrogen (secondary N) is 1. The van der Waals surface area contributed by atoms with Crippen molar-refractivity contribution in [2.75, 3.05) is 30.1 Å². The zero-order valence-corrected chi connectivity index (χ0v) is 19.6. The van der Waals surface area contributed by atoms with Crippen LogP contribution in [0.3, 0.4) is 0 Å². The number of hydrogen-bond donors (Lipinski definition) is 1. The molecule has 2 rings (SSSR count). The molecular weight excluding hydrogens is 402 g/mol. The van der Waals surface area contributed by atoms with Gasteiger partial charge in [0.15, 0.2) is 0 Å². The first-order chi connectivity index (χ1) is 14.3. The van der Waals surface area contributed by atoms with Crippen LogP contribution in [-0.2, 0) is 16.0 Å². The number of aryl methyl sites for hydroxylation is 1. The van der Waals surface area contributed by atoms with Gasteiger partial charge in [-0.15, -0.1) is 0 Å². The lowest BCUT2D eigenvalue weighted by Gasteiger charge is -2.44. The first-order valence-corrected chi connectivity index (χ1v) is 12.0. The lowest BCUT2D eigenvalue weighted by atomic mass is 10.1. The van der Waals surface area contributed by atoms with Gasteiger partial charge in [-0.3, -0.25) is 0 Å².